The van der Waals surface area contributed by atoms with Gasteiger partial charge in [0.2, 0.25) is 0 Å². The second-order valence-electron chi connectivity index (χ2n) is 6.50. The lowest BCUT2D eigenvalue weighted by atomic mass is 9.82. The topological polar surface area (TPSA) is 88.3 Å². The van der Waals surface area contributed by atoms with E-state index in [0.29, 0.717) is 11.8 Å². The molecule has 0 atom stereocenters. The Morgan fingerprint density at radius 1 is 0.727 bits per heavy atom. The highest BCUT2D eigenvalue weighted by molar-refractivity contribution is 5.73. The predicted molar refractivity (Wildman–Crippen MR) is 81.7 cm³/mol. The van der Waals surface area contributed by atoms with Crippen LogP contribution in [0, 0.1) is 11.8 Å². The quantitative estimate of drug-likeness (QED) is 0.514. The predicted octanol–water partition coefficient (Wildman–Crippen LogP) is -0.148. The van der Waals surface area contributed by atoms with Crippen molar-refractivity contribution < 1.29 is 9.59 Å². The van der Waals surface area contributed by atoms with Crippen LogP contribution in [0.25, 0.3) is 0 Å². The number of hydrazine groups is 2. The lowest BCUT2D eigenvalue weighted by molar-refractivity contribution is 0.212. The fourth-order valence-corrected chi connectivity index (χ4v) is 2.80. The summed E-state index contributed by atoms with van der Waals surface area (Å²) in [6, 6.07) is -0.180. The van der Waals surface area contributed by atoms with Crippen LogP contribution in [-0.2, 0) is 0 Å². The van der Waals surface area contributed by atoms with Gasteiger partial charge in [-0.05, 0) is 37.5 Å². The van der Waals surface area contributed by atoms with E-state index >= 15 is 0 Å². The zero-order valence-corrected chi connectivity index (χ0v) is 12.9. The molecule has 1 aliphatic carbocycles. The molecule has 2 saturated heterocycles. The summed E-state index contributed by atoms with van der Waals surface area (Å²) in [6.07, 6.45) is 4.46. The summed E-state index contributed by atoms with van der Waals surface area (Å²) in [6.45, 7) is 5.31. The summed E-state index contributed by atoms with van der Waals surface area (Å²) in [7, 11) is 0. The van der Waals surface area contributed by atoms with Crippen molar-refractivity contribution in [1.82, 2.24) is 31.5 Å². The number of rotatable bonds is 6. The lowest BCUT2D eigenvalue weighted by Gasteiger charge is -2.28. The van der Waals surface area contributed by atoms with Gasteiger partial charge in [-0.15, -0.1) is 0 Å². The van der Waals surface area contributed by atoms with Crippen LogP contribution in [0.2, 0.25) is 0 Å². The lowest BCUT2D eigenvalue weighted by Crippen LogP contribution is -2.43. The molecule has 2 heterocycles. The summed E-state index contributed by atoms with van der Waals surface area (Å²) in [5, 5.41) is 9.63. The summed E-state index contributed by atoms with van der Waals surface area (Å²) < 4.78 is 0. The minimum atomic E-state index is -0.0898. The molecule has 8 heteroatoms. The van der Waals surface area contributed by atoms with E-state index in [9.17, 15) is 9.59 Å². The van der Waals surface area contributed by atoms with Crippen LogP contribution in [-0.4, -0.2) is 61.3 Å². The third-order valence-electron chi connectivity index (χ3n) is 4.48. The summed E-state index contributed by atoms with van der Waals surface area (Å²) in [4.78, 5) is 23.1. The average molecular weight is 310 g/mol. The molecule has 3 aliphatic rings. The van der Waals surface area contributed by atoms with Crippen LogP contribution < -0.4 is 21.5 Å². The SMILES string of the molecule is O=C(NCC1CCC(CNC(=O)NN2CC2)CC1)NN1CC1. The van der Waals surface area contributed by atoms with Gasteiger partial charge in [0.15, 0.2) is 0 Å². The number of carbonyl (C=O) groups is 2. The maximum absolute atomic E-state index is 11.5. The first-order chi connectivity index (χ1) is 10.7. The van der Waals surface area contributed by atoms with Crippen LogP contribution in [0.1, 0.15) is 25.7 Å². The van der Waals surface area contributed by atoms with Gasteiger partial charge in [0.05, 0.1) is 0 Å². The Hall–Kier alpha value is -1.54. The number of urea groups is 2. The highest BCUT2D eigenvalue weighted by Gasteiger charge is 2.24. The maximum atomic E-state index is 11.5. The average Bonchev–Trinajstić information content (AvgIpc) is 3.41. The number of amides is 4. The van der Waals surface area contributed by atoms with Crippen molar-refractivity contribution in [2.45, 2.75) is 25.7 Å². The summed E-state index contributed by atoms with van der Waals surface area (Å²) in [5.41, 5.74) is 5.56. The third-order valence-corrected chi connectivity index (χ3v) is 4.48. The van der Waals surface area contributed by atoms with Gasteiger partial charge in [-0.25, -0.2) is 19.6 Å². The van der Waals surface area contributed by atoms with Crippen molar-refractivity contribution in [3.05, 3.63) is 0 Å². The Bertz CT molecular complexity index is 364. The zero-order valence-electron chi connectivity index (χ0n) is 12.9. The molecule has 3 rings (SSSR count). The number of nitrogens with zero attached hydrogens (tertiary/aromatic N) is 2. The molecule has 8 nitrogen and oxygen atoms in total. The Balaban J connectivity index is 1.23. The first-order valence-corrected chi connectivity index (χ1v) is 8.28. The number of nitrogens with one attached hydrogen (secondary N) is 4. The highest BCUT2D eigenvalue weighted by atomic mass is 16.2. The molecule has 0 aromatic carbocycles. The summed E-state index contributed by atoms with van der Waals surface area (Å²) in [5.74, 6) is 1.12. The maximum Gasteiger partial charge on any atom is 0.329 e. The van der Waals surface area contributed by atoms with Crippen LogP contribution in [0.3, 0.4) is 0 Å². The molecule has 4 amide bonds. The first-order valence-electron chi connectivity index (χ1n) is 8.28. The van der Waals surface area contributed by atoms with Crippen LogP contribution >= 0.6 is 0 Å². The molecule has 1 saturated carbocycles. The monoisotopic (exact) mass is 310 g/mol. The molecule has 0 bridgehead atoms. The second-order valence-corrected chi connectivity index (χ2v) is 6.50. The largest absolute Gasteiger partial charge is 0.337 e. The van der Waals surface area contributed by atoms with E-state index in [1.807, 2.05) is 10.0 Å². The van der Waals surface area contributed by atoms with E-state index in [1.54, 1.807) is 0 Å². The minimum Gasteiger partial charge on any atom is -0.337 e. The van der Waals surface area contributed by atoms with E-state index in [0.717, 1.165) is 65.0 Å². The van der Waals surface area contributed by atoms with Crippen LogP contribution in [0.5, 0.6) is 0 Å². The van der Waals surface area contributed by atoms with Gasteiger partial charge < -0.3 is 10.6 Å². The van der Waals surface area contributed by atoms with Crippen molar-refractivity contribution in [2.24, 2.45) is 11.8 Å². The van der Waals surface area contributed by atoms with E-state index < -0.39 is 0 Å². The molecule has 0 spiro atoms. The van der Waals surface area contributed by atoms with Gasteiger partial charge in [0, 0.05) is 39.3 Å². The first kappa shape index (κ1) is 15.4. The molecule has 22 heavy (non-hydrogen) atoms. The van der Waals surface area contributed by atoms with Gasteiger partial charge in [-0.2, -0.15) is 0 Å². The Kier molecular flexibility index (Phi) is 4.99. The zero-order chi connectivity index (χ0) is 15.4. The van der Waals surface area contributed by atoms with E-state index in [-0.39, 0.29) is 12.1 Å². The fraction of sp³-hybridized carbons (Fsp3) is 0.857. The van der Waals surface area contributed by atoms with Crippen molar-refractivity contribution >= 4 is 12.1 Å². The minimum absolute atomic E-state index is 0.0898. The van der Waals surface area contributed by atoms with Gasteiger partial charge in [-0.1, -0.05) is 0 Å². The number of hydrogen-bond donors (Lipinski definition) is 4. The van der Waals surface area contributed by atoms with E-state index in [1.165, 1.54) is 0 Å². The Morgan fingerprint density at radius 3 is 1.41 bits per heavy atom. The highest BCUT2D eigenvalue weighted by Crippen LogP contribution is 2.27. The van der Waals surface area contributed by atoms with E-state index in [2.05, 4.69) is 21.5 Å². The molecule has 2 aliphatic heterocycles. The number of carbonyl (C=O) groups excluding carboxylic acids is 2. The Labute approximate surface area is 130 Å². The normalized spacial score (nSPS) is 27.8. The molecular formula is C14H26N6O2. The molecule has 0 aromatic rings. The van der Waals surface area contributed by atoms with Crippen molar-refractivity contribution in [3.8, 4) is 0 Å². The third kappa shape index (κ3) is 5.34. The van der Waals surface area contributed by atoms with Gasteiger partial charge in [0.25, 0.3) is 0 Å². The van der Waals surface area contributed by atoms with Crippen molar-refractivity contribution in [2.75, 3.05) is 39.3 Å². The van der Waals surface area contributed by atoms with Crippen molar-refractivity contribution in [3.63, 3.8) is 0 Å². The van der Waals surface area contributed by atoms with E-state index in [4.69, 9.17) is 0 Å². The van der Waals surface area contributed by atoms with Crippen LogP contribution in [0.15, 0.2) is 0 Å². The van der Waals surface area contributed by atoms with Gasteiger partial charge >= 0.3 is 12.1 Å². The summed E-state index contributed by atoms with van der Waals surface area (Å²) >= 11 is 0. The smallest absolute Gasteiger partial charge is 0.329 e. The molecule has 0 aromatic heterocycles. The Morgan fingerprint density at radius 2 is 1.09 bits per heavy atom. The standard InChI is InChI=1S/C14H26N6O2/c21-13(17-19-5-6-19)15-9-11-1-2-12(4-3-11)10-16-14(22)18-20-7-8-20/h11-12H,1-10H2,(H2,15,17,21)(H2,16,18,22). The van der Waals surface area contributed by atoms with Gasteiger partial charge in [0.1, 0.15) is 0 Å². The molecule has 4 N–H and O–H groups in total. The molecule has 0 radical (unpaired) electrons. The second kappa shape index (κ2) is 7.15. The molecular weight excluding hydrogens is 284 g/mol. The number of hydrogen-bond acceptors (Lipinski definition) is 4. The molecule has 124 valence electrons. The van der Waals surface area contributed by atoms with Crippen LogP contribution in [0.4, 0.5) is 9.59 Å². The fourth-order valence-electron chi connectivity index (χ4n) is 2.80. The molecule has 0 unspecified atom stereocenters. The molecule has 3 fully saturated rings. The van der Waals surface area contributed by atoms with Gasteiger partial charge in [-0.3, -0.25) is 10.9 Å². The van der Waals surface area contributed by atoms with Crippen molar-refractivity contribution in [1.29, 1.82) is 0 Å².